The summed E-state index contributed by atoms with van der Waals surface area (Å²) < 4.78 is 11.6. The Morgan fingerprint density at radius 3 is 2.10 bits per heavy atom. The van der Waals surface area contributed by atoms with Gasteiger partial charge in [-0.2, -0.15) is 5.10 Å². The normalized spacial score (nSPS) is 11.7. The minimum absolute atomic E-state index is 0.0785. The summed E-state index contributed by atoms with van der Waals surface area (Å²) in [4.78, 5) is 20.7. The standard InChI is InChI=1S/C21H22N4O6/c1-13(22-23-18-9-7-16(24(26)27)12-19(18)25(28)29)4-8-17(20-10-5-14(2)30-20)21-11-6-15(3)31-21/h5-7,9-12,17,23H,4,8H2,1-3H3. The van der Waals surface area contributed by atoms with Crippen LogP contribution in [0.25, 0.3) is 0 Å². The molecule has 0 atom stereocenters. The highest BCUT2D eigenvalue weighted by atomic mass is 16.6. The molecule has 0 aliphatic heterocycles. The zero-order chi connectivity index (χ0) is 22.5. The number of hydrogen-bond donors (Lipinski definition) is 1. The van der Waals surface area contributed by atoms with Crippen LogP contribution in [0.1, 0.15) is 48.7 Å². The first-order valence-electron chi connectivity index (χ1n) is 9.59. The number of rotatable bonds is 9. The second-order valence-corrected chi connectivity index (χ2v) is 7.16. The fourth-order valence-corrected chi connectivity index (χ4v) is 3.15. The third kappa shape index (κ3) is 5.35. The van der Waals surface area contributed by atoms with Gasteiger partial charge in [-0.05, 0) is 63.9 Å². The molecule has 0 aliphatic carbocycles. The molecule has 10 nitrogen and oxygen atoms in total. The molecule has 0 bridgehead atoms. The number of benzene rings is 1. The van der Waals surface area contributed by atoms with E-state index in [2.05, 4.69) is 10.5 Å². The molecular weight excluding hydrogens is 404 g/mol. The first-order valence-corrected chi connectivity index (χ1v) is 9.59. The molecule has 1 N–H and O–H groups in total. The number of nitro benzene ring substituents is 2. The molecule has 0 unspecified atom stereocenters. The largest absolute Gasteiger partial charge is 0.466 e. The summed E-state index contributed by atoms with van der Waals surface area (Å²) in [7, 11) is 0. The number of nitro groups is 2. The van der Waals surface area contributed by atoms with Crippen molar-refractivity contribution in [2.75, 3.05) is 5.43 Å². The van der Waals surface area contributed by atoms with Crippen LogP contribution in [0.2, 0.25) is 0 Å². The lowest BCUT2D eigenvalue weighted by molar-refractivity contribution is -0.393. The molecule has 0 aliphatic rings. The Morgan fingerprint density at radius 1 is 1.00 bits per heavy atom. The number of nitrogens with one attached hydrogen (secondary N) is 1. The van der Waals surface area contributed by atoms with Crippen LogP contribution in [0, 0.1) is 34.1 Å². The Kier molecular flexibility index (Phi) is 6.49. The van der Waals surface area contributed by atoms with Gasteiger partial charge >= 0.3 is 5.69 Å². The Balaban J connectivity index is 1.73. The summed E-state index contributed by atoms with van der Waals surface area (Å²) in [5.41, 5.74) is 2.65. The van der Waals surface area contributed by atoms with Crippen molar-refractivity contribution < 1.29 is 18.7 Å². The molecule has 0 amide bonds. The van der Waals surface area contributed by atoms with Crippen molar-refractivity contribution in [1.82, 2.24) is 0 Å². The third-order valence-electron chi connectivity index (χ3n) is 4.76. The number of nitrogens with zero attached hydrogens (tertiary/aromatic N) is 3. The second-order valence-electron chi connectivity index (χ2n) is 7.16. The molecular formula is C21H22N4O6. The highest BCUT2D eigenvalue weighted by molar-refractivity contribution is 5.83. The van der Waals surface area contributed by atoms with Gasteiger partial charge in [0.1, 0.15) is 28.7 Å². The maximum atomic E-state index is 11.2. The Bertz CT molecular complexity index is 1090. The van der Waals surface area contributed by atoms with Crippen molar-refractivity contribution in [2.45, 2.75) is 39.5 Å². The zero-order valence-electron chi connectivity index (χ0n) is 17.3. The lowest BCUT2D eigenvalue weighted by Crippen LogP contribution is -2.05. The molecule has 0 spiro atoms. The highest BCUT2D eigenvalue weighted by Crippen LogP contribution is 2.32. The molecule has 162 valence electrons. The second kappa shape index (κ2) is 9.24. The average molecular weight is 426 g/mol. The summed E-state index contributed by atoms with van der Waals surface area (Å²) in [5, 5.41) is 26.3. The van der Waals surface area contributed by atoms with Gasteiger partial charge in [0.05, 0.1) is 21.8 Å². The molecule has 3 rings (SSSR count). The van der Waals surface area contributed by atoms with E-state index in [4.69, 9.17) is 8.83 Å². The molecule has 0 saturated heterocycles. The fourth-order valence-electron chi connectivity index (χ4n) is 3.15. The summed E-state index contributed by atoms with van der Waals surface area (Å²) in [5.74, 6) is 3.10. The summed E-state index contributed by atoms with van der Waals surface area (Å²) in [6.45, 7) is 5.55. The van der Waals surface area contributed by atoms with E-state index in [1.54, 1.807) is 6.92 Å². The highest BCUT2D eigenvalue weighted by Gasteiger charge is 2.22. The van der Waals surface area contributed by atoms with Crippen molar-refractivity contribution >= 4 is 22.8 Å². The summed E-state index contributed by atoms with van der Waals surface area (Å²) in [6, 6.07) is 11.0. The molecule has 3 aromatic rings. The van der Waals surface area contributed by atoms with E-state index in [1.165, 1.54) is 12.1 Å². The number of hydrazone groups is 1. The van der Waals surface area contributed by atoms with E-state index in [0.717, 1.165) is 29.1 Å². The average Bonchev–Trinajstić information content (AvgIpc) is 3.34. The van der Waals surface area contributed by atoms with Crippen molar-refractivity contribution in [1.29, 1.82) is 0 Å². The van der Waals surface area contributed by atoms with E-state index in [0.29, 0.717) is 18.6 Å². The SMILES string of the molecule is CC(CCC(c1ccc(C)o1)c1ccc(C)o1)=NNc1ccc([N+](=O)[O-])cc1[N+](=O)[O-]. The van der Waals surface area contributed by atoms with E-state index >= 15 is 0 Å². The monoisotopic (exact) mass is 426 g/mol. The minimum atomic E-state index is -0.686. The molecule has 0 radical (unpaired) electrons. The van der Waals surface area contributed by atoms with Gasteiger partial charge in [0.2, 0.25) is 0 Å². The van der Waals surface area contributed by atoms with Gasteiger partial charge in [0.15, 0.2) is 0 Å². The predicted octanol–water partition coefficient (Wildman–Crippen LogP) is 5.71. The summed E-state index contributed by atoms with van der Waals surface area (Å²) >= 11 is 0. The van der Waals surface area contributed by atoms with Gasteiger partial charge in [0, 0.05) is 11.8 Å². The van der Waals surface area contributed by atoms with Crippen LogP contribution in [-0.4, -0.2) is 15.6 Å². The molecule has 10 heteroatoms. The minimum Gasteiger partial charge on any atom is -0.466 e. The van der Waals surface area contributed by atoms with Crippen LogP contribution in [0.15, 0.2) is 56.4 Å². The molecule has 2 aromatic heterocycles. The lowest BCUT2D eigenvalue weighted by Gasteiger charge is -2.12. The van der Waals surface area contributed by atoms with E-state index < -0.39 is 15.5 Å². The quantitative estimate of drug-likeness (QED) is 0.263. The topological polar surface area (TPSA) is 137 Å². The van der Waals surface area contributed by atoms with Gasteiger partial charge in [-0.25, -0.2) is 0 Å². The first-order chi connectivity index (χ1) is 14.7. The predicted molar refractivity (Wildman–Crippen MR) is 114 cm³/mol. The lowest BCUT2D eigenvalue weighted by atomic mass is 9.96. The van der Waals surface area contributed by atoms with Crippen LogP contribution in [-0.2, 0) is 0 Å². The number of hydrogen-bond acceptors (Lipinski definition) is 8. The van der Waals surface area contributed by atoms with Crippen molar-refractivity contribution in [3.8, 4) is 0 Å². The van der Waals surface area contributed by atoms with Crippen LogP contribution >= 0.6 is 0 Å². The van der Waals surface area contributed by atoms with E-state index in [9.17, 15) is 20.2 Å². The van der Waals surface area contributed by atoms with Crippen LogP contribution in [0.5, 0.6) is 0 Å². The van der Waals surface area contributed by atoms with Crippen LogP contribution in [0.4, 0.5) is 17.1 Å². The number of furan rings is 2. The van der Waals surface area contributed by atoms with Crippen LogP contribution < -0.4 is 5.43 Å². The van der Waals surface area contributed by atoms with Gasteiger partial charge < -0.3 is 8.83 Å². The molecule has 0 saturated carbocycles. The Labute approximate surface area is 177 Å². The van der Waals surface area contributed by atoms with Gasteiger partial charge in [-0.15, -0.1) is 0 Å². The van der Waals surface area contributed by atoms with Gasteiger partial charge in [-0.1, -0.05) is 0 Å². The Morgan fingerprint density at radius 2 is 1.61 bits per heavy atom. The number of non-ortho nitro benzene ring substituents is 1. The number of anilines is 1. The van der Waals surface area contributed by atoms with Crippen molar-refractivity contribution in [3.63, 3.8) is 0 Å². The number of aryl methyl sites for hydroxylation is 2. The van der Waals surface area contributed by atoms with Crippen molar-refractivity contribution in [2.24, 2.45) is 5.10 Å². The molecule has 0 fully saturated rings. The fraction of sp³-hybridized carbons (Fsp3) is 0.286. The molecule has 1 aromatic carbocycles. The van der Waals surface area contributed by atoms with Crippen LogP contribution in [0.3, 0.4) is 0 Å². The first kappa shape index (κ1) is 21.8. The maximum Gasteiger partial charge on any atom is 0.301 e. The molecule has 31 heavy (non-hydrogen) atoms. The third-order valence-corrected chi connectivity index (χ3v) is 4.76. The Hall–Kier alpha value is -3.95. The van der Waals surface area contributed by atoms with Gasteiger partial charge in [-0.3, -0.25) is 25.7 Å². The zero-order valence-corrected chi connectivity index (χ0v) is 17.3. The van der Waals surface area contributed by atoms with E-state index in [-0.39, 0.29) is 17.3 Å². The van der Waals surface area contributed by atoms with E-state index in [1.807, 2.05) is 38.1 Å². The van der Waals surface area contributed by atoms with Crippen molar-refractivity contribution in [3.05, 3.63) is 85.7 Å². The maximum absolute atomic E-state index is 11.2. The molecule has 2 heterocycles. The smallest absolute Gasteiger partial charge is 0.301 e. The van der Waals surface area contributed by atoms with Gasteiger partial charge in [0.25, 0.3) is 5.69 Å². The summed E-state index contributed by atoms with van der Waals surface area (Å²) in [6.07, 6.45) is 1.22.